The van der Waals surface area contributed by atoms with Crippen LogP contribution in [0.2, 0.25) is 0 Å². The van der Waals surface area contributed by atoms with Gasteiger partial charge in [0.15, 0.2) is 9.84 Å². The molecule has 20 heavy (non-hydrogen) atoms. The van der Waals surface area contributed by atoms with Crippen molar-refractivity contribution in [2.24, 2.45) is 0 Å². The van der Waals surface area contributed by atoms with Crippen molar-refractivity contribution in [2.45, 2.75) is 18.7 Å². The number of benzene rings is 1. The second-order valence-electron chi connectivity index (χ2n) is 4.89. The van der Waals surface area contributed by atoms with Crippen molar-refractivity contribution >= 4 is 21.4 Å². The summed E-state index contributed by atoms with van der Waals surface area (Å²) in [6.07, 6.45) is 0. The second-order valence-corrected chi connectivity index (χ2v) is 7.17. The molecule has 1 aliphatic heterocycles. The van der Waals surface area contributed by atoms with Crippen LogP contribution in [-0.2, 0) is 14.6 Å². The Morgan fingerprint density at radius 3 is 2.10 bits per heavy atom. The van der Waals surface area contributed by atoms with E-state index in [0.29, 0.717) is 18.0 Å². The Kier molecular flexibility index (Phi) is 4.32. The van der Waals surface area contributed by atoms with Crippen LogP contribution in [0.3, 0.4) is 0 Å². The quantitative estimate of drug-likeness (QED) is 0.839. The molecule has 0 saturated carbocycles. The van der Waals surface area contributed by atoms with Crippen molar-refractivity contribution < 1.29 is 13.2 Å². The number of anilines is 1. The van der Waals surface area contributed by atoms with Crippen molar-refractivity contribution in [2.75, 3.05) is 36.8 Å². The van der Waals surface area contributed by atoms with Gasteiger partial charge in [-0.25, -0.2) is 8.42 Å². The Hall–Kier alpha value is -1.56. The number of amides is 1. The van der Waals surface area contributed by atoms with Gasteiger partial charge in [0.05, 0.1) is 10.6 Å². The average molecular weight is 296 g/mol. The Bertz CT molecular complexity index is 573. The minimum Gasteiger partial charge on any atom is -0.368 e. The van der Waals surface area contributed by atoms with Crippen LogP contribution in [0, 0.1) is 0 Å². The molecule has 1 aliphatic rings. The van der Waals surface area contributed by atoms with Gasteiger partial charge in [0, 0.05) is 38.8 Å². The summed E-state index contributed by atoms with van der Waals surface area (Å²) in [5.74, 6) is 0.220. The monoisotopic (exact) mass is 296 g/mol. The number of hydrogen-bond donors (Lipinski definition) is 0. The minimum atomic E-state index is -3.14. The van der Waals surface area contributed by atoms with E-state index in [4.69, 9.17) is 0 Å². The highest BCUT2D eigenvalue weighted by atomic mass is 32.2. The first-order valence-corrected chi connectivity index (χ1v) is 8.42. The summed E-state index contributed by atoms with van der Waals surface area (Å²) < 4.78 is 23.5. The van der Waals surface area contributed by atoms with Crippen molar-refractivity contribution in [3.05, 3.63) is 24.3 Å². The normalized spacial score (nSPS) is 16.3. The standard InChI is InChI=1S/C14H20N2O3S/c1-3-20(18,19)14-6-4-13(5-7-14)16-10-8-15(9-11-16)12(2)17/h4-7H,3,8-11H2,1-2H3. The molecule has 1 heterocycles. The molecule has 5 nitrogen and oxygen atoms in total. The summed E-state index contributed by atoms with van der Waals surface area (Å²) >= 11 is 0. The molecular weight excluding hydrogens is 276 g/mol. The average Bonchev–Trinajstić information content (AvgIpc) is 2.47. The van der Waals surface area contributed by atoms with Gasteiger partial charge in [0.1, 0.15) is 0 Å². The van der Waals surface area contributed by atoms with E-state index in [1.165, 1.54) is 0 Å². The Morgan fingerprint density at radius 1 is 1.10 bits per heavy atom. The number of piperazine rings is 1. The lowest BCUT2D eigenvalue weighted by molar-refractivity contribution is -0.129. The van der Waals surface area contributed by atoms with E-state index < -0.39 is 9.84 Å². The van der Waals surface area contributed by atoms with Crippen molar-refractivity contribution in [1.82, 2.24) is 4.90 Å². The molecule has 6 heteroatoms. The largest absolute Gasteiger partial charge is 0.368 e. The second kappa shape index (κ2) is 5.83. The third kappa shape index (κ3) is 3.12. The molecule has 110 valence electrons. The van der Waals surface area contributed by atoms with Crippen molar-refractivity contribution in [1.29, 1.82) is 0 Å². The fourth-order valence-corrected chi connectivity index (χ4v) is 3.19. The zero-order valence-electron chi connectivity index (χ0n) is 11.9. The first-order chi connectivity index (χ1) is 9.44. The number of rotatable bonds is 3. The summed E-state index contributed by atoms with van der Waals surface area (Å²) in [5.41, 5.74) is 1.00. The number of hydrogen-bond acceptors (Lipinski definition) is 4. The summed E-state index contributed by atoms with van der Waals surface area (Å²) in [4.78, 5) is 15.6. The number of sulfone groups is 1. The highest BCUT2D eigenvalue weighted by Gasteiger charge is 2.19. The molecule has 0 atom stereocenters. The van der Waals surface area contributed by atoms with Crippen LogP contribution in [0.4, 0.5) is 5.69 Å². The van der Waals surface area contributed by atoms with Crippen LogP contribution >= 0.6 is 0 Å². The lowest BCUT2D eigenvalue weighted by Gasteiger charge is -2.35. The zero-order valence-corrected chi connectivity index (χ0v) is 12.7. The minimum absolute atomic E-state index is 0.106. The molecule has 0 aliphatic carbocycles. The third-order valence-corrected chi connectivity index (χ3v) is 5.42. The maximum Gasteiger partial charge on any atom is 0.219 e. The predicted octanol–water partition coefficient (Wildman–Crippen LogP) is 1.15. The predicted molar refractivity (Wildman–Crippen MR) is 78.6 cm³/mol. The smallest absolute Gasteiger partial charge is 0.219 e. The number of carbonyl (C=O) groups excluding carboxylic acids is 1. The van der Waals surface area contributed by atoms with E-state index in [9.17, 15) is 13.2 Å². The first-order valence-electron chi connectivity index (χ1n) is 6.77. The maximum absolute atomic E-state index is 11.7. The molecule has 0 unspecified atom stereocenters. The molecule has 2 rings (SSSR count). The fraction of sp³-hybridized carbons (Fsp3) is 0.500. The fourth-order valence-electron chi connectivity index (χ4n) is 2.31. The number of nitrogens with zero attached hydrogens (tertiary/aromatic N) is 2. The van der Waals surface area contributed by atoms with E-state index in [2.05, 4.69) is 4.90 Å². The Labute approximate surface area is 120 Å². The van der Waals surface area contributed by atoms with Gasteiger partial charge in [-0.15, -0.1) is 0 Å². The Balaban J connectivity index is 2.07. The van der Waals surface area contributed by atoms with Gasteiger partial charge in [-0.05, 0) is 24.3 Å². The lowest BCUT2D eigenvalue weighted by Crippen LogP contribution is -2.48. The molecule has 0 spiro atoms. The third-order valence-electron chi connectivity index (χ3n) is 3.67. The van der Waals surface area contributed by atoms with Crippen molar-refractivity contribution in [3.63, 3.8) is 0 Å². The van der Waals surface area contributed by atoms with Crippen LogP contribution < -0.4 is 4.90 Å². The molecule has 1 fully saturated rings. The lowest BCUT2D eigenvalue weighted by atomic mass is 10.2. The van der Waals surface area contributed by atoms with E-state index >= 15 is 0 Å². The van der Waals surface area contributed by atoms with Gasteiger partial charge >= 0.3 is 0 Å². The SMILES string of the molecule is CCS(=O)(=O)c1ccc(N2CCN(C(C)=O)CC2)cc1. The Morgan fingerprint density at radius 2 is 1.65 bits per heavy atom. The molecular formula is C14H20N2O3S. The molecule has 1 aromatic rings. The highest BCUT2D eigenvalue weighted by Crippen LogP contribution is 2.20. The molecule has 0 aromatic heterocycles. The van der Waals surface area contributed by atoms with E-state index in [0.717, 1.165) is 18.8 Å². The van der Waals surface area contributed by atoms with E-state index in [1.807, 2.05) is 17.0 Å². The van der Waals surface area contributed by atoms with Gasteiger partial charge in [-0.3, -0.25) is 4.79 Å². The van der Waals surface area contributed by atoms with Crippen molar-refractivity contribution in [3.8, 4) is 0 Å². The summed E-state index contributed by atoms with van der Waals surface area (Å²) in [7, 11) is -3.14. The number of carbonyl (C=O) groups is 1. The summed E-state index contributed by atoms with van der Waals surface area (Å²) in [5, 5.41) is 0. The topological polar surface area (TPSA) is 57.7 Å². The van der Waals surface area contributed by atoms with Gasteiger partial charge in [-0.2, -0.15) is 0 Å². The highest BCUT2D eigenvalue weighted by molar-refractivity contribution is 7.91. The molecule has 1 amide bonds. The van der Waals surface area contributed by atoms with Gasteiger partial charge in [-0.1, -0.05) is 6.92 Å². The van der Waals surface area contributed by atoms with Crippen LogP contribution in [-0.4, -0.2) is 51.2 Å². The van der Waals surface area contributed by atoms with Gasteiger partial charge in [0.25, 0.3) is 0 Å². The maximum atomic E-state index is 11.7. The zero-order chi connectivity index (χ0) is 14.8. The van der Waals surface area contributed by atoms with Gasteiger partial charge in [0.2, 0.25) is 5.91 Å². The van der Waals surface area contributed by atoms with Gasteiger partial charge < -0.3 is 9.80 Å². The molecule has 1 aromatic carbocycles. The molecule has 0 radical (unpaired) electrons. The van der Waals surface area contributed by atoms with Crippen LogP contribution in [0.5, 0.6) is 0 Å². The molecule has 0 N–H and O–H groups in total. The van der Waals surface area contributed by atoms with Crippen LogP contribution in [0.1, 0.15) is 13.8 Å². The van der Waals surface area contributed by atoms with E-state index in [-0.39, 0.29) is 11.7 Å². The first kappa shape index (κ1) is 14.8. The summed E-state index contributed by atoms with van der Waals surface area (Å²) in [6.45, 7) is 6.21. The molecule has 0 bridgehead atoms. The van der Waals surface area contributed by atoms with Crippen LogP contribution in [0.15, 0.2) is 29.2 Å². The van der Waals surface area contributed by atoms with Crippen LogP contribution in [0.25, 0.3) is 0 Å². The van der Waals surface area contributed by atoms with E-state index in [1.54, 1.807) is 26.0 Å². The molecule has 1 saturated heterocycles. The summed E-state index contributed by atoms with van der Waals surface area (Å²) in [6, 6.07) is 7.00.